The van der Waals surface area contributed by atoms with Gasteiger partial charge < -0.3 is 10.2 Å². The normalized spacial score (nSPS) is 29.7. The average Bonchev–Trinajstić information content (AvgIpc) is 3.14. The van der Waals surface area contributed by atoms with Crippen molar-refractivity contribution in [2.75, 3.05) is 11.5 Å². The van der Waals surface area contributed by atoms with Crippen LogP contribution in [0.1, 0.15) is 107 Å². The summed E-state index contributed by atoms with van der Waals surface area (Å²) in [5.74, 6) is -1.07. The molecule has 2 N–H and O–H groups in total. The SMILES string of the molecule is C=C1[C@H](O)CC2C3C(CC[C@]12C)c1ccc(O)cc1C[C@H]3CCCCCCCCCSCCCC(F)(F)C(F)(F)F. The number of halogens is 5. The Kier molecular flexibility index (Phi) is 10.8. The Morgan fingerprint density at radius 2 is 1.63 bits per heavy atom. The number of phenolic OH excluding ortho intramolecular Hbond substituents is 1. The molecular formula is C33H47F5O2S. The van der Waals surface area contributed by atoms with Crippen molar-refractivity contribution in [3.8, 4) is 5.75 Å². The minimum Gasteiger partial charge on any atom is -0.508 e. The minimum atomic E-state index is -5.45. The third-order valence-electron chi connectivity index (χ3n) is 10.4. The molecule has 2 nitrogen and oxygen atoms in total. The fraction of sp³-hybridized carbons (Fsp3) is 0.758. The van der Waals surface area contributed by atoms with Crippen LogP contribution < -0.4 is 0 Å². The summed E-state index contributed by atoms with van der Waals surface area (Å²) in [7, 11) is 0. The van der Waals surface area contributed by atoms with Gasteiger partial charge in [0.05, 0.1) is 6.10 Å². The smallest absolute Gasteiger partial charge is 0.453 e. The molecule has 3 aliphatic carbocycles. The highest BCUT2D eigenvalue weighted by molar-refractivity contribution is 7.99. The lowest BCUT2D eigenvalue weighted by Crippen LogP contribution is -2.44. The second kappa shape index (κ2) is 13.6. The molecule has 1 aromatic rings. The van der Waals surface area contributed by atoms with Crippen LogP contribution >= 0.6 is 11.8 Å². The number of benzene rings is 1. The molecular weight excluding hydrogens is 555 g/mol. The van der Waals surface area contributed by atoms with Crippen molar-refractivity contribution < 1.29 is 32.2 Å². The minimum absolute atomic E-state index is 0.0136. The number of fused-ring (bicyclic) bond motifs is 5. The van der Waals surface area contributed by atoms with E-state index >= 15 is 0 Å². The molecule has 0 saturated heterocycles. The number of aliphatic hydroxyl groups excluding tert-OH is 1. The summed E-state index contributed by atoms with van der Waals surface area (Å²) in [5.41, 5.74) is 3.73. The number of rotatable bonds is 14. The summed E-state index contributed by atoms with van der Waals surface area (Å²) in [6.07, 6.45) is 5.88. The molecule has 41 heavy (non-hydrogen) atoms. The Balaban J connectivity index is 1.16. The van der Waals surface area contributed by atoms with Crippen LogP contribution in [0.2, 0.25) is 0 Å². The summed E-state index contributed by atoms with van der Waals surface area (Å²) >= 11 is 1.47. The van der Waals surface area contributed by atoms with Crippen LogP contribution in [0, 0.1) is 23.2 Å². The van der Waals surface area contributed by atoms with E-state index in [0.29, 0.717) is 35.2 Å². The Morgan fingerprint density at radius 1 is 0.976 bits per heavy atom. The van der Waals surface area contributed by atoms with Gasteiger partial charge in [-0.1, -0.05) is 58.1 Å². The molecule has 0 spiro atoms. The summed E-state index contributed by atoms with van der Waals surface area (Å²) in [6.45, 7) is 6.63. The predicted molar refractivity (Wildman–Crippen MR) is 157 cm³/mol. The summed E-state index contributed by atoms with van der Waals surface area (Å²) in [4.78, 5) is 0. The van der Waals surface area contributed by atoms with Gasteiger partial charge in [-0.15, -0.1) is 0 Å². The van der Waals surface area contributed by atoms with Crippen LogP contribution in [0.3, 0.4) is 0 Å². The molecule has 8 heteroatoms. The molecule has 0 radical (unpaired) electrons. The maximum absolute atomic E-state index is 12.9. The predicted octanol–water partition coefficient (Wildman–Crippen LogP) is 9.83. The van der Waals surface area contributed by atoms with Gasteiger partial charge in [0.15, 0.2) is 0 Å². The molecule has 0 aromatic heterocycles. The molecule has 3 aliphatic rings. The van der Waals surface area contributed by atoms with E-state index in [1.807, 2.05) is 12.1 Å². The second-order valence-corrected chi connectivity index (χ2v) is 14.3. The van der Waals surface area contributed by atoms with Gasteiger partial charge in [-0.25, -0.2) is 0 Å². The molecule has 4 rings (SSSR count). The lowest BCUT2D eigenvalue weighted by atomic mass is 9.52. The van der Waals surface area contributed by atoms with Crippen molar-refractivity contribution in [1.82, 2.24) is 0 Å². The fourth-order valence-corrected chi connectivity index (χ4v) is 9.08. The van der Waals surface area contributed by atoms with Gasteiger partial charge in [0.25, 0.3) is 0 Å². The molecule has 3 unspecified atom stereocenters. The first kappa shape index (κ1) is 32.6. The van der Waals surface area contributed by atoms with E-state index in [1.54, 1.807) is 0 Å². The van der Waals surface area contributed by atoms with Crippen molar-refractivity contribution in [3.05, 3.63) is 41.5 Å². The van der Waals surface area contributed by atoms with Crippen molar-refractivity contribution in [1.29, 1.82) is 0 Å². The third-order valence-corrected chi connectivity index (χ3v) is 11.6. The maximum atomic E-state index is 12.9. The molecule has 2 fully saturated rings. The molecule has 0 aliphatic heterocycles. The van der Waals surface area contributed by atoms with Crippen LogP contribution in [0.15, 0.2) is 30.4 Å². The van der Waals surface area contributed by atoms with Crippen LogP contribution in [-0.2, 0) is 6.42 Å². The van der Waals surface area contributed by atoms with Gasteiger partial charge in [-0.3, -0.25) is 0 Å². The van der Waals surface area contributed by atoms with E-state index < -0.39 is 24.6 Å². The number of alkyl halides is 5. The van der Waals surface area contributed by atoms with Gasteiger partial charge in [-0.05, 0) is 114 Å². The lowest BCUT2D eigenvalue weighted by molar-refractivity contribution is -0.284. The largest absolute Gasteiger partial charge is 0.508 e. The van der Waals surface area contributed by atoms with Crippen LogP contribution in [0.4, 0.5) is 22.0 Å². The first-order valence-electron chi connectivity index (χ1n) is 15.6. The van der Waals surface area contributed by atoms with Crippen molar-refractivity contribution in [2.45, 2.75) is 121 Å². The van der Waals surface area contributed by atoms with Crippen LogP contribution in [-0.4, -0.2) is 39.9 Å². The number of aliphatic hydroxyl groups is 1. The maximum Gasteiger partial charge on any atom is 0.453 e. The van der Waals surface area contributed by atoms with Gasteiger partial charge in [-0.2, -0.15) is 33.7 Å². The average molecular weight is 603 g/mol. The molecule has 0 heterocycles. The van der Waals surface area contributed by atoms with E-state index in [9.17, 15) is 32.2 Å². The van der Waals surface area contributed by atoms with Crippen LogP contribution in [0.5, 0.6) is 5.75 Å². The molecule has 0 amide bonds. The van der Waals surface area contributed by atoms with Crippen molar-refractivity contribution >= 4 is 11.8 Å². The molecule has 0 bridgehead atoms. The van der Waals surface area contributed by atoms with Gasteiger partial charge in [0.2, 0.25) is 0 Å². The molecule has 1 aromatic carbocycles. The number of phenols is 1. The topological polar surface area (TPSA) is 40.5 Å². The van der Waals surface area contributed by atoms with Gasteiger partial charge >= 0.3 is 12.1 Å². The first-order valence-corrected chi connectivity index (χ1v) is 16.7. The molecule has 6 atom stereocenters. The number of hydrogen-bond donors (Lipinski definition) is 2. The van der Waals surface area contributed by atoms with E-state index in [0.717, 1.165) is 69.1 Å². The fourth-order valence-electron chi connectivity index (χ4n) is 8.12. The molecule has 232 valence electrons. The Morgan fingerprint density at radius 3 is 2.34 bits per heavy atom. The van der Waals surface area contributed by atoms with E-state index in [1.165, 1.54) is 42.2 Å². The zero-order valence-electron chi connectivity index (χ0n) is 24.3. The quantitative estimate of drug-likeness (QED) is 0.127. The standard InChI is InChI=1S/C33H47F5O2S/c1-22-29(40)21-28-30-23(19-24-20-25(39)12-13-26(24)27(30)14-16-31(22,28)2)11-8-6-4-3-5-7-9-17-41-18-10-15-32(34,35)33(36,37)38/h12-13,20,23,27-30,39-40H,1,3-11,14-19,21H2,2H3/t23-,27?,28?,29-,30?,31-/m1/s1. The van der Waals surface area contributed by atoms with Crippen molar-refractivity contribution in [2.24, 2.45) is 23.2 Å². The Bertz CT molecular complexity index is 1030. The van der Waals surface area contributed by atoms with Crippen molar-refractivity contribution in [3.63, 3.8) is 0 Å². The van der Waals surface area contributed by atoms with E-state index in [4.69, 9.17) is 0 Å². The number of hydrogen-bond acceptors (Lipinski definition) is 3. The highest BCUT2D eigenvalue weighted by atomic mass is 32.2. The number of unbranched alkanes of at least 4 members (excludes halogenated alkanes) is 6. The first-order chi connectivity index (χ1) is 19.3. The zero-order chi connectivity index (χ0) is 29.8. The second-order valence-electron chi connectivity index (χ2n) is 13.1. The highest BCUT2D eigenvalue weighted by Gasteiger charge is 2.57. The van der Waals surface area contributed by atoms with Gasteiger partial charge in [0, 0.05) is 6.42 Å². The third kappa shape index (κ3) is 7.45. The summed E-state index contributed by atoms with van der Waals surface area (Å²) in [6, 6.07) is 5.92. The lowest BCUT2D eigenvalue weighted by Gasteiger charge is -2.52. The Hall–Kier alpha value is -1.28. The van der Waals surface area contributed by atoms with Gasteiger partial charge in [0.1, 0.15) is 5.75 Å². The monoisotopic (exact) mass is 602 g/mol. The highest BCUT2D eigenvalue weighted by Crippen LogP contribution is 2.64. The summed E-state index contributed by atoms with van der Waals surface area (Å²) < 4.78 is 62.4. The van der Waals surface area contributed by atoms with Crippen LogP contribution in [0.25, 0.3) is 0 Å². The molecule has 2 saturated carbocycles. The number of aromatic hydroxyl groups is 1. The number of thioether (sulfide) groups is 1. The Labute approximate surface area is 246 Å². The van der Waals surface area contributed by atoms with E-state index in [-0.39, 0.29) is 11.8 Å². The zero-order valence-corrected chi connectivity index (χ0v) is 25.1. The van der Waals surface area contributed by atoms with E-state index in [2.05, 4.69) is 19.6 Å². The summed E-state index contributed by atoms with van der Waals surface area (Å²) in [5, 5.41) is 20.9.